The summed E-state index contributed by atoms with van der Waals surface area (Å²) in [5, 5.41) is 0. The van der Waals surface area contributed by atoms with Crippen LogP contribution in [0.25, 0.3) is 0 Å². The quantitative estimate of drug-likeness (QED) is 0.759. The molecule has 0 spiro atoms. The summed E-state index contributed by atoms with van der Waals surface area (Å²) in [6.45, 7) is 4.19. The minimum absolute atomic E-state index is 0.349. The SMILES string of the molecule is CCCc1nc(N)nc(CCC)n1. The Morgan fingerprint density at radius 1 is 0.923 bits per heavy atom. The highest BCUT2D eigenvalue weighted by molar-refractivity contribution is 5.15. The number of hydrogen-bond donors (Lipinski definition) is 1. The third-order valence-corrected chi connectivity index (χ3v) is 1.69. The molecule has 0 atom stereocenters. The van der Waals surface area contributed by atoms with Crippen molar-refractivity contribution in [3.05, 3.63) is 11.6 Å². The van der Waals surface area contributed by atoms with Gasteiger partial charge in [0.25, 0.3) is 0 Å². The van der Waals surface area contributed by atoms with E-state index in [4.69, 9.17) is 5.73 Å². The molecule has 1 heterocycles. The van der Waals surface area contributed by atoms with E-state index in [0.717, 1.165) is 37.3 Å². The molecule has 72 valence electrons. The van der Waals surface area contributed by atoms with Crippen LogP contribution in [0, 0.1) is 0 Å². The molecular weight excluding hydrogens is 164 g/mol. The summed E-state index contributed by atoms with van der Waals surface area (Å²) >= 11 is 0. The van der Waals surface area contributed by atoms with Crippen LogP contribution in [-0.2, 0) is 12.8 Å². The second kappa shape index (κ2) is 4.74. The molecule has 0 unspecified atom stereocenters. The Balaban J connectivity index is 2.83. The molecule has 4 heteroatoms. The van der Waals surface area contributed by atoms with Gasteiger partial charge in [-0.15, -0.1) is 0 Å². The number of anilines is 1. The summed E-state index contributed by atoms with van der Waals surface area (Å²) in [6, 6.07) is 0. The second-order valence-corrected chi connectivity index (χ2v) is 3.03. The average Bonchev–Trinajstić information content (AvgIpc) is 2.04. The molecule has 0 aromatic carbocycles. The van der Waals surface area contributed by atoms with Gasteiger partial charge in [0.15, 0.2) is 0 Å². The molecule has 0 bridgehead atoms. The first-order chi connectivity index (χ1) is 6.26. The number of hydrogen-bond acceptors (Lipinski definition) is 4. The summed E-state index contributed by atoms with van der Waals surface area (Å²) in [5.74, 6) is 1.99. The summed E-state index contributed by atoms with van der Waals surface area (Å²) in [6.07, 6.45) is 3.83. The van der Waals surface area contributed by atoms with Gasteiger partial charge in [0.1, 0.15) is 11.6 Å². The van der Waals surface area contributed by atoms with E-state index in [1.165, 1.54) is 0 Å². The van der Waals surface area contributed by atoms with Gasteiger partial charge in [-0.2, -0.15) is 9.97 Å². The third-order valence-electron chi connectivity index (χ3n) is 1.69. The van der Waals surface area contributed by atoms with E-state index >= 15 is 0 Å². The molecule has 1 rings (SSSR count). The van der Waals surface area contributed by atoms with Gasteiger partial charge in [-0.3, -0.25) is 0 Å². The lowest BCUT2D eigenvalue weighted by Gasteiger charge is -2.02. The Labute approximate surface area is 78.6 Å². The van der Waals surface area contributed by atoms with Crippen molar-refractivity contribution in [1.29, 1.82) is 0 Å². The van der Waals surface area contributed by atoms with Gasteiger partial charge < -0.3 is 5.73 Å². The lowest BCUT2D eigenvalue weighted by molar-refractivity contribution is 0.760. The number of aryl methyl sites for hydroxylation is 2. The molecule has 13 heavy (non-hydrogen) atoms. The van der Waals surface area contributed by atoms with Gasteiger partial charge in [0.05, 0.1) is 0 Å². The molecule has 0 radical (unpaired) electrons. The fraction of sp³-hybridized carbons (Fsp3) is 0.667. The molecule has 4 nitrogen and oxygen atoms in total. The Hall–Kier alpha value is -1.19. The number of nitrogens with zero attached hydrogens (tertiary/aromatic N) is 3. The predicted octanol–water partition coefficient (Wildman–Crippen LogP) is 1.36. The summed E-state index contributed by atoms with van der Waals surface area (Å²) in [5.41, 5.74) is 5.56. The average molecular weight is 180 g/mol. The highest BCUT2D eigenvalue weighted by atomic mass is 15.1. The zero-order valence-electron chi connectivity index (χ0n) is 8.25. The molecule has 0 amide bonds. The fourth-order valence-electron chi connectivity index (χ4n) is 1.16. The standard InChI is InChI=1S/C9H16N4/c1-3-5-7-11-8(6-4-2)13-9(10)12-7/h3-6H2,1-2H3,(H2,10,11,12,13). The number of rotatable bonds is 4. The first-order valence-electron chi connectivity index (χ1n) is 4.75. The molecule has 2 N–H and O–H groups in total. The minimum atomic E-state index is 0.349. The largest absolute Gasteiger partial charge is 0.368 e. The zero-order chi connectivity index (χ0) is 9.68. The van der Waals surface area contributed by atoms with Crippen LogP contribution < -0.4 is 5.73 Å². The predicted molar refractivity (Wildman–Crippen MR) is 52.2 cm³/mol. The molecule has 0 aliphatic heterocycles. The van der Waals surface area contributed by atoms with Gasteiger partial charge >= 0.3 is 0 Å². The minimum Gasteiger partial charge on any atom is -0.368 e. The number of aromatic nitrogens is 3. The summed E-state index contributed by atoms with van der Waals surface area (Å²) < 4.78 is 0. The lowest BCUT2D eigenvalue weighted by atomic mass is 10.3. The highest BCUT2D eigenvalue weighted by Crippen LogP contribution is 2.02. The Bertz CT molecular complexity index is 248. The molecule has 0 aliphatic rings. The van der Waals surface area contributed by atoms with E-state index in [1.807, 2.05) is 0 Å². The third kappa shape index (κ3) is 2.97. The van der Waals surface area contributed by atoms with Crippen molar-refractivity contribution in [3.63, 3.8) is 0 Å². The molecule has 1 aromatic heterocycles. The van der Waals surface area contributed by atoms with Crippen LogP contribution in [0.5, 0.6) is 0 Å². The van der Waals surface area contributed by atoms with Crippen LogP contribution in [0.1, 0.15) is 38.3 Å². The Kier molecular flexibility index (Phi) is 3.61. The van der Waals surface area contributed by atoms with E-state index in [1.54, 1.807) is 0 Å². The van der Waals surface area contributed by atoms with Crippen LogP contribution >= 0.6 is 0 Å². The smallest absolute Gasteiger partial charge is 0.223 e. The fourth-order valence-corrected chi connectivity index (χ4v) is 1.16. The molecule has 1 aromatic rings. The van der Waals surface area contributed by atoms with Crippen LogP contribution in [0.15, 0.2) is 0 Å². The van der Waals surface area contributed by atoms with E-state index in [2.05, 4.69) is 28.8 Å². The number of nitrogens with two attached hydrogens (primary N) is 1. The van der Waals surface area contributed by atoms with E-state index in [9.17, 15) is 0 Å². The van der Waals surface area contributed by atoms with Crippen molar-refractivity contribution < 1.29 is 0 Å². The first-order valence-corrected chi connectivity index (χ1v) is 4.75. The lowest BCUT2D eigenvalue weighted by Crippen LogP contribution is -2.07. The van der Waals surface area contributed by atoms with Crippen LogP contribution in [-0.4, -0.2) is 15.0 Å². The Morgan fingerprint density at radius 3 is 1.77 bits per heavy atom. The maximum atomic E-state index is 5.56. The van der Waals surface area contributed by atoms with Crippen molar-refractivity contribution in [2.75, 3.05) is 5.73 Å². The highest BCUT2D eigenvalue weighted by Gasteiger charge is 2.02. The topological polar surface area (TPSA) is 64.7 Å². The summed E-state index contributed by atoms with van der Waals surface area (Å²) in [4.78, 5) is 12.4. The van der Waals surface area contributed by atoms with Crippen molar-refractivity contribution in [1.82, 2.24) is 15.0 Å². The molecular formula is C9H16N4. The normalized spacial score (nSPS) is 10.3. The van der Waals surface area contributed by atoms with Crippen LogP contribution in [0.2, 0.25) is 0 Å². The van der Waals surface area contributed by atoms with Crippen molar-refractivity contribution >= 4 is 5.95 Å². The maximum Gasteiger partial charge on any atom is 0.223 e. The van der Waals surface area contributed by atoms with Crippen molar-refractivity contribution in [3.8, 4) is 0 Å². The van der Waals surface area contributed by atoms with Gasteiger partial charge in [0, 0.05) is 12.8 Å². The molecule has 0 fully saturated rings. The first kappa shape index (κ1) is 9.89. The molecule has 0 aliphatic carbocycles. The van der Waals surface area contributed by atoms with Gasteiger partial charge in [-0.25, -0.2) is 4.98 Å². The van der Waals surface area contributed by atoms with E-state index in [-0.39, 0.29) is 0 Å². The zero-order valence-corrected chi connectivity index (χ0v) is 8.25. The van der Waals surface area contributed by atoms with Gasteiger partial charge in [-0.05, 0) is 12.8 Å². The van der Waals surface area contributed by atoms with E-state index in [0.29, 0.717) is 5.95 Å². The summed E-state index contributed by atoms with van der Waals surface area (Å²) in [7, 11) is 0. The molecule has 0 saturated carbocycles. The number of nitrogen functional groups attached to an aromatic ring is 1. The molecule has 0 saturated heterocycles. The van der Waals surface area contributed by atoms with Crippen molar-refractivity contribution in [2.45, 2.75) is 39.5 Å². The van der Waals surface area contributed by atoms with Crippen LogP contribution in [0.4, 0.5) is 5.95 Å². The second-order valence-electron chi connectivity index (χ2n) is 3.03. The van der Waals surface area contributed by atoms with Gasteiger partial charge in [-0.1, -0.05) is 13.8 Å². The monoisotopic (exact) mass is 180 g/mol. The van der Waals surface area contributed by atoms with Gasteiger partial charge in [0.2, 0.25) is 5.95 Å². The van der Waals surface area contributed by atoms with Crippen molar-refractivity contribution in [2.24, 2.45) is 0 Å². The van der Waals surface area contributed by atoms with E-state index < -0.39 is 0 Å². The Morgan fingerprint density at radius 2 is 1.38 bits per heavy atom. The van der Waals surface area contributed by atoms with Crippen LogP contribution in [0.3, 0.4) is 0 Å². The maximum absolute atomic E-state index is 5.56.